The van der Waals surface area contributed by atoms with Gasteiger partial charge in [-0.1, -0.05) is 24.3 Å². The molecule has 5 nitrogen and oxygen atoms in total. The molecule has 5 heteroatoms. The third kappa shape index (κ3) is 4.95. The Labute approximate surface area is 160 Å². The van der Waals surface area contributed by atoms with Crippen LogP contribution >= 0.6 is 0 Å². The van der Waals surface area contributed by atoms with Gasteiger partial charge in [0.1, 0.15) is 0 Å². The molecule has 0 unspecified atom stereocenters. The van der Waals surface area contributed by atoms with Crippen LogP contribution in [-0.4, -0.2) is 24.5 Å². The Hall–Kier alpha value is -2.66. The Kier molecular flexibility index (Phi) is 6.24. The minimum atomic E-state index is -0.131. The highest BCUT2D eigenvalue weighted by molar-refractivity contribution is 5.97. The van der Waals surface area contributed by atoms with E-state index >= 15 is 0 Å². The normalized spacial score (nSPS) is 14.0. The van der Waals surface area contributed by atoms with E-state index in [1.54, 1.807) is 17.0 Å². The number of ether oxygens (including phenoxy) is 1. The molecule has 1 fully saturated rings. The molecule has 2 aromatic rings. The lowest BCUT2D eigenvalue weighted by atomic mass is 10.1. The van der Waals surface area contributed by atoms with Crippen LogP contribution in [0.4, 0.5) is 5.69 Å². The molecule has 0 atom stereocenters. The van der Waals surface area contributed by atoms with Crippen LogP contribution in [0.2, 0.25) is 0 Å². The molecule has 1 heterocycles. The molecule has 0 bridgehead atoms. The van der Waals surface area contributed by atoms with Crippen LogP contribution in [0.1, 0.15) is 48.2 Å². The van der Waals surface area contributed by atoms with Gasteiger partial charge in [-0.15, -0.1) is 0 Å². The number of carbonyl (C=O) groups excluding carboxylic acids is 2. The summed E-state index contributed by atoms with van der Waals surface area (Å²) in [4.78, 5) is 26.1. The van der Waals surface area contributed by atoms with E-state index in [9.17, 15) is 9.59 Å². The lowest BCUT2D eigenvalue weighted by Crippen LogP contribution is -2.25. The van der Waals surface area contributed by atoms with E-state index in [-0.39, 0.29) is 17.9 Å². The molecule has 0 aliphatic carbocycles. The lowest BCUT2D eigenvalue weighted by Gasteiger charge is -2.16. The summed E-state index contributed by atoms with van der Waals surface area (Å²) in [5.74, 6) is 0.0151. The summed E-state index contributed by atoms with van der Waals surface area (Å²) in [6, 6.07) is 15.2. The first-order chi connectivity index (χ1) is 13.0. The van der Waals surface area contributed by atoms with Gasteiger partial charge in [0, 0.05) is 30.8 Å². The van der Waals surface area contributed by atoms with E-state index in [2.05, 4.69) is 5.32 Å². The van der Waals surface area contributed by atoms with E-state index in [0.29, 0.717) is 25.1 Å². The highest BCUT2D eigenvalue weighted by atomic mass is 16.5. The first-order valence-electron chi connectivity index (χ1n) is 9.41. The molecule has 1 aliphatic heterocycles. The molecule has 0 spiro atoms. The summed E-state index contributed by atoms with van der Waals surface area (Å²) >= 11 is 0. The molecule has 27 heavy (non-hydrogen) atoms. The van der Waals surface area contributed by atoms with E-state index in [1.165, 1.54) is 0 Å². The summed E-state index contributed by atoms with van der Waals surface area (Å²) in [6.07, 6.45) is 1.65. The number of carbonyl (C=O) groups is 2. The maximum absolute atomic E-state index is 12.5. The number of rotatable bonds is 7. The van der Waals surface area contributed by atoms with Gasteiger partial charge in [-0.25, -0.2) is 0 Å². The van der Waals surface area contributed by atoms with Crippen molar-refractivity contribution in [1.29, 1.82) is 0 Å². The van der Waals surface area contributed by atoms with Gasteiger partial charge in [0.25, 0.3) is 5.91 Å². The largest absolute Gasteiger partial charge is 0.374 e. The van der Waals surface area contributed by atoms with Crippen molar-refractivity contribution in [3.05, 3.63) is 65.2 Å². The summed E-state index contributed by atoms with van der Waals surface area (Å²) in [5.41, 5.74) is 3.56. The molecule has 1 aliphatic rings. The molecule has 2 amide bonds. The van der Waals surface area contributed by atoms with Crippen molar-refractivity contribution in [2.24, 2.45) is 0 Å². The third-order valence-corrected chi connectivity index (χ3v) is 4.64. The fraction of sp³-hybridized carbons (Fsp3) is 0.364. The predicted octanol–water partition coefficient (Wildman–Crippen LogP) is 3.67. The van der Waals surface area contributed by atoms with Crippen LogP contribution < -0.4 is 10.2 Å². The van der Waals surface area contributed by atoms with Gasteiger partial charge < -0.3 is 15.0 Å². The van der Waals surface area contributed by atoms with Crippen molar-refractivity contribution >= 4 is 17.5 Å². The maximum Gasteiger partial charge on any atom is 0.251 e. The number of hydrogen-bond acceptors (Lipinski definition) is 3. The van der Waals surface area contributed by atoms with Gasteiger partial charge in [-0.2, -0.15) is 0 Å². The molecule has 3 rings (SSSR count). The number of nitrogens with one attached hydrogen (secondary N) is 1. The molecule has 0 saturated carbocycles. The second-order valence-corrected chi connectivity index (χ2v) is 7.01. The quantitative estimate of drug-likeness (QED) is 0.813. The van der Waals surface area contributed by atoms with Crippen molar-refractivity contribution in [3.8, 4) is 0 Å². The Morgan fingerprint density at radius 1 is 1.11 bits per heavy atom. The SMILES string of the molecule is CC(C)OCc1ccccc1CNC(=O)c1ccc(N2CCCC2=O)cc1. The smallest absolute Gasteiger partial charge is 0.251 e. The molecule has 2 aromatic carbocycles. The molecular formula is C22H26N2O3. The second-order valence-electron chi connectivity index (χ2n) is 7.01. The predicted molar refractivity (Wildman–Crippen MR) is 106 cm³/mol. The fourth-order valence-electron chi connectivity index (χ4n) is 3.12. The van der Waals surface area contributed by atoms with Crippen LogP contribution in [0.25, 0.3) is 0 Å². The van der Waals surface area contributed by atoms with Gasteiger partial charge in [0.05, 0.1) is 12.7 Å². The zero-order chi connectivity index (χ0) is 19.2. The minimum Gasteiger partial charge on any atom is -0.374 e. The molecular weight excluding hydrogens is 340 g/mol. The Bertz CT molecular complexity index is 799. The Balaban J connectivity index is 1.60. The number of hydrogen-bond donors (Lipinski definition) is 1. The molecule has 0 aromatic heterocycles. The first kappa shape index (κ1) is 19.1. The monoisotopic (exact) mass is 366 g/mol. The first-order valence-corrected chi connectivity index (χ1v) is 9.41. The number of anilines is 1. The van der Waals surface area contributed by atoms with E-state index in [4.69, 9.17) is 4.74 Å². The summed E-state index contributed by atoms with van der Waals surface area (Å²) < 4.78 is 5.69. The third-order valence-electron chi connectivity index (χ3n) is 4.64. The van der Waals surface area contributed by atoms with Crippen LogP contribution in [0, 0.1) is 0 Å². The van der Waals surface area contributed by atoms with E-state index < -0.39 is 0 Å². The van der Waals surface area contributed by atoms with Crippen LogP contribution in [0.5, 0.6) is 0 Å². The fourth-order valence-corrected chi connectivity index (χ4v) is 3.12. The summed E-state index contributed by atoms with van der Waals surface area (Å²) in [6.45, 7) is 5.73. The average Bonchev–Trinajstić information content (AvgIpc) is 3.11. The van der Waals surface area contributed by atoms with Crippen molar-refractivity contribution in [2.75, 3.05) is 11.4 Å². The van der Waals surface area contributed by atoms with Gasteiger partial charge in [-0.3, -0.25) is 9.59 Å². The zero-order valence-corrected chi connectivity index (χ0v) is 15.9. The second kappa shape index (κ2) is 8.82. The van der Waals surface area contributed by atoms with Gasteiger partial charge in [0.15, 0.2) is 0 Å². The Morgan fingerprint density at radius 3 is 2.44 bits per heavy atom. The van der Waals surface area contributed by atoms with Crippen molar-refractivity contribution < 1.29 is 14.3 Å². The maximum atomic E-state index is 12.5. The molecule has 1 N–H and O–H groups in total. The number of nitrogens with zero attached hydrogens (tertiary/aromatic N) is 1. The highest BCUT2D eigenvalue weighted by Crippen LogP contribution is 2.21. The van der Waals surface area contributed by atoms with Gasteiger partial charge in [0.2, 0.25) is 5.91 Å². The standard InChI is InChI=1S/C22H26N2O3/c1-16(2)27-15-19-7-4-3-6-18(19)14-23-22(26)17-9-11-20(12-10-17)24-13-5-8-21(24)25/h3-4,6-7,9-12,16H,5,8,13-15H2,1-2H3,(H,23,26). The van der Waals surface area contributed by atoms with Gasteiger partial charge in [-0.05, 0) is 55.7 Å². The molecule has 142 valence electrons. The van der Waals surface area contributed by atoms with Crippen LogP contribution in [0.3, 0.4) is 0 Å². The zero-order valence-electron chi connectivity index (χ0n) is 15.9. The van der Waals surface area contributed by atoms with Crippen molar-refractivity contribution in [2.45, 2.75) is 45.9 Å². The number of amides is 2. The topological polar surface area (TPSA) is 58.6 Å². The van der Waals surface area contributed by atoms with Crippen molar-refractivity contribution in [1.82, 2.24) is 5.32 Å². The Morgan fingerprint density at radius 2 is 1.81 bits per heavy atom. The summed E-state index contributed by atoms with van der Waals surface area (Å²) in [5, 5.41) is 2.97. The minimum absolute atomic E-state index is 0.131. The summed E-state index contributed by atoms with van der Waals surface area (Å²) in [7, 11) is 0. The molecule has 1 saturated heterocycles. The average molecular weight is 366 g/mol. The van der Waals surface area contributed by atoms with Crippen LogP contribution in [0.15, 0.2) is 48.5 Å². The van der Waals surface area contributed by atoms with E-state index in [1.807, 2.05) is 50.2 Å². The highest BCUT2D eigenvalue weighted by Gasteiger charge is 2.21. The van der Waals surface area contributed by atoms with Crippen LogP contribution in [-0.2, 0) is 22.7 Å². The number of benzene rings is 2. The van der Waals surface area contributed by atoms with E-state index in [0.717, 1.165) is 29.8 Å². The van der Waals surface area contributed by atoms with Gasteiger partial charge >= 0.3 is 0 Å². The molecule has 0 radical (unpaired) electrons. The van der Waals surface area contributed by atoms with Crippen molar-refractivity contribution in [3.63, 3.8) is 0 Å². The lowest BCUT2D eigenvalue weighted by molar-refractivity contribution is -0.117.